The number of nitrogens with zero attached hydrogens (tertiary/aromatic N) is 2. The Hall–Kier alpha value is -1.79. The number of hydrogen-bond acceptors (Lipinski definition) is 4. The molecule has 1 atom stereocenters. The van der Waals surface area contributed by atoms with Gasteiger partial charge in [-0.3, -0.25) is 0 Å². The molecule has 1 heterocycles. The van der Waals surface area contributed by atoms with Crippen molar-refractivity contribution in [1.82, 2.24) is 10.2 Å². The molecule has 0 radical (unpaired) electrons. The largest absolute Gasteiger partial charge is 0.508 e. The van der Waals surface area contributed by atoms with Crippen LogP contribution in [-0.4, -0.2) is 62.5 Å². The van der Waals surface area contributed by atoms with Gasteiger partial charge in [-0.2, -0.15) is 0 Å². The molecular weight excluding hydrogens is 354 g/mol. The van der Waals surface area contributed by atoms with Crippen molar-refractivity contribution in [2.75, 3.05) is 46.6 Å². The molecule has 0 spiro atoms. The molecule has 6 nitrogen and oxygen atoms in total. The highest BCUT2D eigenvalue weighted by Crippen LogP contribution is 2.31. The number of guanidine groups is 1. The van der Waals surface area contributed by atoms with Crippen molar-refractivity contribution < 1.29 is 14.6 Å². The van der Waals surface area contributed by atoms with E-state index in [-0.39, 0.29) is 0 Å². The van der Waals surface area contributed by atoms with Crippen LogP contribution in [0.4, 0.5) is 0 Å². The zero-order valence-electron chi connectivity index (χ0n) is 17.4. The fraction of sp³-hybridized carbons (Fsp3) is 0.682. The van der Waals surface area contributed by atoms with Crippen LogP contribution in [-0.2, 0) is 28.9 Å². The van der Waals surface area contributed by atoms with E-state index in [0.717, 1.165) is 57.0 Å². The number of phenolic OH excluding ortho intramolecular Hbond substituents is 1. The summed E-state index contributed by atoms with van der Waals surface area (Å²) in [6.07, 6.45) is 5.72. The molecule has 1 aromatic rings. The van der Waals surface area contributed by atoms with Crippen molar-refractivity contribution in [1.29, 1.82) is 0 Å². The van der Waals surface area contributed by atoms with Gasteiger partial charge in [-0.15, -0.1) is 0 Å². The monoisotopic (exact) mass is 389 g/mol. The van der Waals surface area contributed by atoms with Crippen molar-refractivity contribution in [3.63, 3.8) is 0 Å². The Kier molecular flexibility index (Phi) is 7.98. The van der Waals surface area contributed by atoms with Crippen molar-refractivity contribution in [2.24, 2.45) is 10.9 Å². The Morgan fingerprint density at radius 3 is 2.96 bits per heavy atom. The number of phenols is 1. The maximum atomic E-state index is 10.4. The molecule has 1 fully saturated rings. The lowest BCUT2D eigenvalue weighted by molar-refractivity contribution is 0.0536. The molecule has 156 valence electrons. The van der Waals surface area contributed by atoms with Gasteiger partial charge in [0.25, 0.3) is 0 Å². The minimum absolute atomic E-state index is 0.381. The first-order chi connectivity index (χ1) is 13.7. The third-order valence-corrected chi connectivity index (χ3v) is 5.72. The van der Waals surface area contributed by atoms with Crippen molar-refractivity contribution in [3.8, 4) is 5.75 Å². The van der Waals surface area contributed by atoms with Crippen LogP contribution in [0.5, 0.6) is 5.75 Å². The summed E-state index contributed by atoms with van der Waals surface area (Å²) in [6.45, 7) is 7.47. The zero-order chi connectivity index (χ0) is 19.8. The summed E-state index contributed by atoms with van der Waals surface area (Å²) < 4.78 is 10.7. The minimum Gasteiger partial charge on any atom is -0.508 e. The summed E-state index contributed by atoms with van der Waals surface area (Å²) in [4.78, 5) is 7.21. The average Bonchev–Trinajstić information content (AvgIpc) is 3.18. The fourth-order valence-corrected chi connectivity index (χ4v) is 4.20. The van der Waals surface area contributed by atoms with Crippen LogP contribution in [0.2, 0.25) is 0 Å². The predicted octanol–water partition coefficient (Wildman–Crippen LogP) is 2.72. The highest BCUT2D eigenvalue weighted by molar-refractivity contribution is 5.80. The summed E-state index contributed by atoms with van der Waals surface area (Å²) in [5.74, 6) is 1.85. The van der Waals surface area contributed by atoms with Gasteiger partial charge >= 0.3 is 0 Å². The summed E-state index contributed by atoms with van der Waals surface area (Å²) in [5.41, 5.74) is 3.71. The average molecular weight is 390 g/mol. The van der Waals surface area contributed by atoms with Gasteiger partial charge in [0.05, 0.1) is 26.4 Å². The van der Waals surface area contributed by atoms with Gasteiger partial charge in [-0.25, -0.2) is 4.99 Å². The van der Waals surface area contributed by atoms with E-state index in [0.29, 0.717) is 31.4 Å². The van der Waals surface area contributed by atoms with Gasteiger partial charge in [0.1, 0.15) is 5.75 Å². The second kappa shape index (κ2) is 10.7. The molecule has 1 saturated heterocycles. The lowest BCUT2D eigenvalue weighted by Crippen LogP contribution is -2.40. The molecule has 1 aliphatic carbocycles. The number of likely N-dealkylation sites (tertiary alicyclic amines) is 1. The fourth-order valence-electron chi connectivity index (χ4n) is 4.20. The number of rotatable bonds is 8. The molecule has 1 unspecified atom stereocenters. The topological polar surface area (TPSA) is 66.3 Å². The number of aryl methyl sites for hydroxylation is 1. The van der Waals surface area contributed by atoms with E-state index < -0.39 is 0 Å². The van der Waals surface area contributed by atoms with Gasteiger partial charge in [0.2, 0.25) is 0 Å². The Balaban J connectivity index is 1.64. The first-order valence-electron chi connectivity index (χ1n) is 10.7. The molecule has 0 amide bonds. The van der Waals surface area contributed by atoms with Gasteiger partial charge in [0.15, 0.2) is 5.96 Å². The SMILES string of the molecule is CCNC(=NCc1c(O)ccc2c1CCCC2)N1CCC(COCCOC)C1. The van der Waals surface area contributed by atoms with Gasteiger partial charge in [-0.1, -0.05) is 6.07 Å². The third kappa shape index (κ3) is 5.39. The van der Waals surface area contributed by atoms with E-state index in [1.807, 2.05) is 6.07 Å². The van der Waals surface area contributed by atoms with Crippen LogP contribution in [0.1, 0.15) is 42.9 Å². The number of ether oxygens (including phenoxy) is 2. The van der Waals surface area contributed by atoms with E-state index >= 15 is 0 Å². The predicted molar refractivity (Wildman–Crippen MR) is 112 cm³/mol. The number of methoxy groups -OCH3 is 1. The Morgan fingerprint density at radius 2 is 2.14 bits per heavy atom. The molecular formula is C22H35N3O3. The van der Waals surface area contributed by atoms with Gasteiger partial charge < -0.3 is 24.8 Å². The normalized spacial score (nSPS) is 19.7. The molecule has 1 aliphatic heterocycles. The zero-order valence-corrected chi connectivity index (χ0v) is 17.4. The molecule has 28 heavy (non-hydrogen) atoms. The van der Waals surface area contributed by atoms with Crippen molar-refractivity contribution in [3.05, 3.63) is 28.8 Å². The standard InChI is InChI=1S/C22H35N3O3/c1-3-23-22(25-11-10-17(15-25)16-28-13-12-27-2)24-14-20-19-7-5-4-6-18(19)8-9-21(20)26/h8-9,17,26H,3-7,10-16H2,1-2H3,(H,23,24). The highest BCUT2D eigenvalue weighted by Gasteiger charge is 2.25. The van der Waals surface area contributed by atoms with E-state index in [2.05, 4.69) is 23.2 Å². The van der Waals surface area contributed by atoms with Crippen molar-refractivity contribution >= 4 is 5.96 Å². The summed E-state index contributed by atoms with van der Waals surface area (Å²) >= 11 is 0. The first-order valence-corrected chi connectivity index (χ1v) is 10.7. The quantitative estimate of drug-likeness (QED) is 0.407. The van der Waals surface area contributed by atoms with Gasteiger partial charge in [-0.05, 0) is 56.2 Å². The second-order valence-corrected chi connectivity index (χ2v) is 7.75. The maximum Gasteiger partial charge on any atom is 0.194 e. The summed E-state index contributed by atoms with van der Waals surface area (Å²) in [5, 5.41) is 13.9. The Labute approximate surface area is 168 Å². The Bertz CT molecular complexity index is 663. The number of nitrogens with one attached hydrogen (secondary N) is 1. The van der Waals surface area contributed by atoms with E-state index in [1.165, 1.54) is 24.0 Å². The molecule has 3 rings (SSSR count). The van der Waals surface area contributed by atoms with Crippen LogP contribution in [0, 0.1) is 5.92 Å². The lowest BCUT2D eigenvalue weighted by atomic mass is 9.88. The number of fused-ring (bicyclic) bond motifs is 1. The van der Waals surface area contributed by atoms with E-state index in [9.17, 15) is 5.11 Å². The molecule has 6 heteroatoms. The summed E-state index contributed by atoms with van der Waals surface area (Å²) in [7, 11) is 1.70. The van der Waals surface area contributed by atoms with Gasteiger partial charge in [0, 0.05) is 38.2 Å². The number of hydrogen-bond donors (Lipinski definition) is 2. The van der Waals surface area contributed by atoms with Crippen LogP contribution < -0.4 is 5.32 Å². The summed E-state index contributed by atoms with van der Waals surface area (Å²) in [6, 6.07) is 3.92. The maximum absolute atomic E-state index is 10.4. The number of aliphatic imine (C=N–C) groups is 1. The smallest absolute Gasteiger partial charge is 0.194 e. The lowest BCUT2D eigenvalue weighted by Gasteiger charge is -2.23. The number of benzene rings is 1. The van der Waals surface area contributed by atoms with Crippen LogP contribution >= 0.6 is 0 Å². The third-order valence-electron chi connectivity index (χ3n) is 5.72. The molecule has 2 N–H and O–H groups in total. The second-order valence-electron chi connectivity index (χ2n) is 7.75. The highest BCUT2D eigenvalue weighted by atomic mass is 16.5. The van der Waals surface area contributed by atoms with Crippen molar-refractivity contribution in [2.45, 2.75) is 45.6 Å². The Morgan fingerprint density at radius 1 is 1.29 bits per heavy atom. The molecule has 2 aliphatic rings. The van der Waals surface area contributed by atoms with Crippen LogP contribution in [0.3, 0.4) is 0 Å². The van der Waals surface area contributed by atoms with E-state index in [4.69, 9.17) is 14.5 Å². The number of aromatic hydroxyl groups is 1. The van der Waals surface area contributed by atoms with Crippen LogP contribution in [0.15, 0.2) is 17.1 Å². The molecule has 0 bridgehead atoms. The minimum atomic E-state index is 0.381. The van der Waals surface area contributed by atoms with E-state index in [1.54, 1.807) is 7.11 Å². The molecule has 0 saturated carbocycles. The molecule has 1 aromatic carbocycles. The van der Waals surface area contributed by atoms with Crippen LogP contribution in [0.25, 0.3) is 0 Å². The molecule has 0 aromatic heterocycles. The first kappa shape index (κ1) is 20.9.